The lowest BCUT2D eigenvalue weighted by Gasteiger charge is -2.30. The monoisotopic (exact) mass is 194 g/mol. The van der Waals surface area contributed by atoms with Crippen molar-refractivity contribution in [2.75, 3.05) is 20.1 Å². The van der Waals surface area contributed by atoms with Crippen molar-refractivity contribution in [1.29, 1.82) is 0 Å². The molecule has 0 unspecified atom stereocenters. The van der Waals surface area contributed by atoms with Crippen molar-refractivity contribution in [1.82, 2.24) is 10.2 Å². The largest absolute Gasteiger partial charge is 0.472 e. The van der Waals surface area contributed by atoms with Gasteiger partial charge in [-0.1, -0.05) is 0 Å². The highest BCUT2D eigenvalue weighted by Crippen LogP contribution is 2.10. The van der Waals surface area contributed by atoms with Crippen LogP contribution in [0.25, 0.3) is 0 Å². The van der Waals surface area contributed by atoms with Crippen molar-refractivity contribution in [3.63, 3.8) is 0 Å². The van der Waals surface area contributed by atoms with Gasteiger partial charge in [0.15, 0.2) is 0 Å². The second-order valence-corrected chi connectivity index (χ2v) is 3.68. The molecular weight excluding hydrogens is 180 g/mol. The van der Waals surface area contributed by atoms with Crippen LogP contribution in [-0.4, -0.2) is 30.9 Å². The van der Waals surface area contributed by atoms with Crippen molar-refractivity contribution in [2.45, 2.75) is 6.54 Å². The second kappa shape index (κ2) is 3.84. The van der Waals surface area contributed by atoms with E-state index >= 15 is 0 Å². The quantitative estimate of drug-likeness (QED) is 0.760. The molecule has 4 heteroatoms. The SMILES string of the molecule is CN(Cc1ccoc1)C(=O)C1CNC1. The van der Waals surface area contributed by atoms with Gasteiger partial charge in [0.1, 0.15) is 0 Å². The van der Waals surface area contributed by atoms with E-state index in [1.807, 2.05) is 13.1 Å². The average molecular weight is 194 g/mol. The third kappa shape index (κ3) is 1.80. The highest BCUT2D eigenvalue weighted by atomic mass is 16.3. The van der Waals surface area contributed by atoms with Gasteiger partial charge < -0.3 is 14.6 Å². The van der Waals surface area contributed by atoms with Gasteiger partial charge >= 0.3 is 0 Å². The Kier molecular flexibility index (Phi) is 2.54. The predicted octanol–water partition coefficient (Wildman–Crippen LogP) is 0.457. The lowest BCUT2D eigenvalue weighted by Crippen LogP contribution is -2.50. The number of amides is 1. The lowest BCUT2D eigenvalue weighted by atomic mass is 10.0. The molecule has 0 aliphatic carbocycles. The standard InChI is InChI=1S/C10H14N2O2/c1-12(6-8-2-3-14-7-8)10(13)9-4-11-5-9/h2-3,7,9,11H,4-6H2,1H3. The molecule has 1 N–H and O–H groups in total. The van der Waals surface area contributed by atoms with E-state index in [0.29, 0.717) is 6.54 Å². The van der Waals surface area contributed by atoms with E-state index in [4.69, 9.17) is 4.42 Å². The molecule has 1 saturated heterocycles. The second-order valence-electron chi connectivity index (χ2n) is 3.68. The van der Waals surface area contributed by atoms with Crippen LogP contribution in [0.1, 0.15) is 5.56 Å². The van der Waals surface area contributed by atoms with Gasteiger partial charge in [-0.2, -0.15) is 0 Å². The fourth-order valence-electron chi connectivity index (χ4n) is 1.51. The Morgan fingerprint density at radius 2 is 2.50 bits per heavy atom. The Bertz CT molecular complexity index is 304. The Morgan fingerprint density at radius 3 is 3.00 bits per heavy atom. The lowest BCUT2D eigenvalue weighted by molar-refractivity contribution is -0.136. The maximum absolute atomic E-state index is 11.7. The molecule has 2 rings (SSSR count). The number of hydrogen-bond donors (Lipinski definition) is 1. The van der Waals surface area contributed by atoms with Crippen molar-refractivity contribution in [3.8, 4) is 0 Å². The summed E-state index contributed by atoms with van der Waals surface area (Å²) in [5, 5.41) is 3.09. The fraction of sp³-hybridized carbons (Fsp3) is 0.500. The summed E-state index contributed by atoms with van der Waals surface area (Å²) in [5.41, 5.74) is 1.04. The molecule has 0 saturated carbocycles. The van der Waals surface area contributed by atoms with Gasteiger partial charge in [-0.05, 0) is 6.07 Å². The van der Waals surface area contributed by atoms with Crippen LogP contribution in [0.15, 0.2) is 23.0 Å². The van der Waals surface area contributed by atoms with Crippen molar-refractivity contribution < 1.29 is 9.21 Å². The average Bonchev–Trinajstić information content (AvgIpc) is 2.53. The summed E-state index contributed by atoms with van der Waals surface area (Å²) in [6, 6.07) is 1.88. The molecule has 0 aromatic carbocycles. The molecular formula is C10H14N2O2. The number of carbonyl (C=O) groups excluding carboxylic acids is 1. The summed E-state index contributed by atoms with van der Waals surface area (Å²) in [7, 11) is 1.83. The van der Waals surface area contributed by atoms with Gasteiger partial charge in [0, 0.05) is 32.2 Å². The number of nitrogens with zero attached hydrogens (tertiary/aromatic N) is 1. The molecule has 1 fully saturated rings. The van der Waals surface area contributed by atoms with Crippen LogP contribution in [-0.2, 0) is 11.3 Å². The van der Waals surface area contributed by atoms with E-state index in [0.717, 1.165) is 18.7 Å². The first-order chi connectivity index (χ1) is 6.77. The van der Waals surface area contributed by atoms with Gasteiger partial charge in [-0.3, -0.25) is 4.79 Å². The Hall–Kier alpha value is -1.29. The highest BCUT2D eigenvalue weighted by molar-refractivity contribution is 5.79. The van der Waals surface area contributed by atoms with Crippen LogP contribution in [0.4, 0.5) is 0 Å². The van der Waals surface area contributed by atoms with E-state index in [2.05, 4.69) is 5.32 Å². The first-order valence-corrected chi connectivity index (χ1v) is 4.74. The van der Waals surface area contributed by atoms with Crippen LogP contribution in [0.5, 0.6) is 0 Å². The van der Waals surface area contributed by atoms with Gasteiger partial charge in [-0.15, -0.1) is 0 Å². The maximum Gasteiger partial charge on any atom is 0.228 e. The van der Waals surface area contributed by atoms with Crippen LogP contribution in [0.3, 0.4) is 0 Å². The van der Waals surface area contributed by atoms with Crippen molar-refractivity contribution >= 4 is 5.91 Å². The van der Waals surface area contributed by atoms with E-state index in [1.165, 1.54) is 0 Å². The van der Waals surface area contributed by atoms with E-state index in [-0.39, 0.29) is 11.8 Å². The first-order valence-electron chi connectivity index (χ1n) is 4.74. The summed E-state index contributed by atoms with van der Waals surface area (Å²) in [5.74, 6) is 0.386. The smallest absolute Gasteiger partial charge is 0.228 e. The van der Waals surface area contributed by atoms with E-state index < -0.39 is 0 Å². The molecule has 0 bridgehead atoms. The van der Waals surface area contributed by atoms with Crippen LogP contribution in [0.2, 0.25) is 0 Å². The zero-order chi connectivity index (χ0) is 9.97. The molecule has 0 spiro atoms. The molecule has 1 aliphatic rings. The molecule has 1 aromatic heterocycles. The summed E-state index contributed by atoms with van der Waals surface area (Å²) in [4.78, 5) is 13.5. The molecule has 1 aromatic rings. The highest BCUT2D eigenvalue weighted by Gasteiger charge is 2.27. The topological polar surface area (TPSA) is 45.5 Å². The first kappa shape index (κ1) is 9.27. The molecule has 1 amide bonds. The zero-order valence-corrected chi connectivity index (χ0v) is 8.19. The minimum absolute atomic E-state index is 0.173. The fourth-order valence-corrected chi connectivity index (χ4v) is 1.51. The normalized spacial score (nSPS) is 16.4. The van der Waals surface area contributed by atoms with Crippen molar-refractivity contribution in [3.05, 3.63) is 24.2 Å². The zero-order valence-electron chi connectivity index (χ0n) is 8.19. The molecule has 0 radical (unpaired) electrons. The Balaban J connectivity index is 1.88. The van der Waals surface area contributed by atoms with Crippen LogP contribution in [0, 0.1) is 5.92 Å². The predicted molar refractivity (Wildman–Crippen MR) is 51.5 cm³/mol. The van der Waals surface area contributed by atoms with Crippen LogP contribution < -0.4 is 5.32 Å². The van der Waals surface area contributed by atoms with E-state index in [1.54, 1.807) is 17.4 Å². The third-order valence-electron chi connectivity index (χ3n) is 2.51. The summed E-state index contributed by atoms with van der Waals surface area (Å²) >= 11 is 0. The van der Waals surface area contributed by atoms with E-state index in [9.17, 15) is 4.79 Å². The third-order valence-corrected chi connectivity index (χ3v) is 2.51. The molecule has 2 heterocycles. The summed E-state index contributed by atoms with van der Waals surface area (Å²) in [6.45, 7) is 2.26. The number of hydrogen-bond acceptors (Lipinski definition) is 3. The molecule has 76 valence electrons. The van der Waals surface area contributed by atoms with Gasteiger partial charge in [0.2, 0.25) is 5.91 Å². The van der Waals surface area contributed by atoms with Crippen LogP contribution >= 0.6 is 0 Å². The number of furan rings is 1. The molecule has 14 heavy (non-hydrogen) atoms. The minimum atomic E-state index is 0.173. The van der Waals surface area contributed by atoms with Crippen molar-refractivity contribution in [2.24, 2.45) is 5.92 Å². The Labute approximate surface area is 82.9 Å². The van der Waals surface area contributed by atoms with Gasteiger partial charge in [-0.25, -0.2) is 0 Å². The summed E-state index contributed by atoms with van der Waals surface area (Å²) in [6.07, 6.45) is 3.29. The summed E-state index contributed by atoms with van der Waals surface area (Å²) < 4.78 is 4.95. The Morgan fingerprint density at radius 1 is 1.71 bits per heavy atom. The molecule has 0 atom stereocenters. The van der Waals surface area contributed by atoms with Gasteiger partial charge in [0.05, 0.1) is 18.4 Å². The minimum Gasteiger partial charge on any atom is -0.472 e. The number of carbonyl (C=O) groups is 1. The molecule has 4 nitrogen and oxygen atoms in total. The molecule has 1 aliphatic heterocycles. The van der Waals surface area contributed by atoms with Gasteiger partial charge in [0.25, 0.3) is 0 Å². The number of nitrogens with one attached hydrogen (secondary N) is 1. The number of rotatable bonds is 3. The maximum atomic E-state index is 11.7.